The van der Waals surface area contributed by atoms with E-state index in [0.717, 1.165) is 29.7 Å². The van der Waals surface area contributed by atoms with Gasteiger partial charge in [0.2, 0.25) is 5.91 Å². The standard InChI is InChI=1S/C14H21BrN2OS/c1-2-10-5-7-16-12(9-10)14(18)17-8-6-11-3-4-13(15)19-11/h3-4,10,12,16H,2,5-9H2,1H3,(H,17,18). The average Bonchev–Trinajstić information content (AvgIpc) is 2.84. The number of rotatable bonds is 5. The van der Waals surface area contributed by atoms with Gasteiger partial charge in [-0.1, -0.05) is 13.3 Å². The molecule has 2 unspecified atom stereocenters. The number of nitrogens with one attached hydrogen (secondary N) is 2. The van der Waals surface area contributed by atoms with Crippen molar-refractivity contribution in [3.05, 3.63) is 20.8 Å². The highest BCUT2D eigenvalue weighted by atomic mass is 79.9. The summed E-state index contributed by atoms with van der Waals surface area (Å²) >= 11 is 5.18. The van der Waals surface area contributed by atoms with E-state index in [1.807, 2.05) is 0 Å². The van der Waals surface area contributed by atoms with Gasteiger partial charge >= 0.3 is 0 Å². The molecule has 2 atom stereocenters. The summed E-state index contributed by atoms with van der Waals surface area (Å²) in [6, 6.07) is 4.16. The number of thiophene rings is 1. The minimum Gasteiger partial charge on any atom is -0.354 e. The molecule has 1 fully saturated rings. The first kappa shape index (κ1) is 15.0. The van der Waals surface area contributed by atoms with Gasteiger partial charge in [0.1, 0.15) is 0 Å². The van der Waals surface area contributed by atoms with E-state index >= 15 is 0 Å². The van der Waals surface area contributed by atoms with Gasteiger partial charge in [-0.2, -0.15) is 0 Å². The smallest absolute Gasteiger partial charge is 0.237 e. The average molecular weight is 345 g/mol. The van der Waals surface area contributed by atoms with Crippen LogP contribution in [0.25, 0.3) is 0 Å². The van der Waals surface area contributed by atoms with Crippen LogP contribution < -0.4 is 10.6 Å². The monoisotopic (exact) mass is 344 g/mol. The van der Waals surface area contributed by atoms with Crippen molar-refractivity contribution < 1.29 is 4.79 Å². The molecule has 1 aliphatic rings. The van der Waals surface area contributed by atoms with Crippen molar-refractivity contribution in [3.8, 4) is 0 Å². The van der Waals surface area contributed by atoms with Crippen molar-refractivity contribution in [1.29, 1.82) is 0 Å². The summed E-state index contributed by atoms with van der Waals surface area (Å²) < 4.78 is 1.15. The Hall–Kier alpha value is -0.390. The van der Waals surface area contributed by atoms with Crippen molar-refractivity contribution in [2.45, 2.75) is 38.6 Å². The molecule has 0 spiro atoms. The zero-order valence-corrected chi connectivity index (χ0v) is 13.6. The van der Waals surface area contributed by atoms with Gasteiger partial charge < -0.3 is 10.6 Å². The number of hydrogen-bond acceptors (Lipinski definition) is 3. The second kappa shape index (κ2) is 7.41. The van der Waals surface area contributed by atoms with E-state index in [2.05, 4.69) is 45.6 Å². The van der Waals surface area contributed by atoms with Gasteiger partial charge in [-0.05, 0) is 59.8 Å². The molecular formula is C14H21BrN2OS. The summed E-state index contributed by atoms with van der Waals surface area (Å²) in [4.78, 5) is 13.4. The normalized spacial score (nSPS) is 23.3. The number of piperidine rings is 1. The molecule has 2 rings (SSSR count). The highest BCUT2D eigenvalue weighted by Crippen LogP contribution is 2.22. The predicted octanol–water partition coefficient (Wildman–Crippen LogP) is 2.95. The number of hydrogen-bond donors (Lipinski definition) is 2. The number of amides is 1. The Balaban J connectivity index is 1.72. The lowest BCUT2D eigenvalue weighted by molar-refractivity contribution is -0.124. The van der Waals surface area contributed by atoms with Gasteiger partial charge in [-0.25, -0.2) is 0 Å². The maximum Gasteiger partial charge on any atom is 0.237 e. The molecule has 2 heterocycles. The summed E-state index contributed by atoms with van der Waals surface area (Å²) in [5, 5.41) is 6.36. The lowest BCUT2D eigenvalue weighted by atomic mass is 9.90. The lowest BCUT2D eigenvalue weighted by Gasteiger charge is -2.28. The summed E-state index contributed by atoms with van der Waals surface area (Å²) in [5.41, 5.74) is 0. The van der Waals surface area contributed by atoms with E-state index in [0.29, 0.717) is 5.92 Å². The van der Waals surface area contributed by atoms with Gasteiger partial charge in [-0.3, -0.25) is 4.79 Å². The molecule has 3 nitrogen and oxygen atoms in total. The molecular weight excluding hydrogens is 324 g/mol. The van der Waals surface area contributed by atoms with Crippen molar-refractivity contribution in [1.82, 2.24) is 10.6 Å². The zero-order chi connectivity index (χ0) is 13.7. The fourth-order valence-corrected chi connectivity index (χ4v) is 3.97. The van der Waals surface area contributed by atoms with Crippen LogP contribution in [0.1, 0.15) is 31.1 Å². The van der Waals surface area contributed by atoms with E-state index in [1.165, 1.54) is 17.7 Å². The molecule has 0 saturated carbocycles. The van der Waals surface area contributed by atoms with E-state index in [-0.39, 0.29) is 11.9 Å². The van der Waals surface area contributed by atoms with Gasteiger partial charge in [0.15, 0.2) is 0 Å². The molecule has 2 N–H and O–H groups in total. The summed E-state index contributed by atoms with van der Waals surface area (Å²) in [6.45, 7) is 3.90. The Morgan fingerprint density at radius 3 is 3.11 bits per heavy atom. The van der Waals surface area contributed by atoms with Crippen molar-refractivity contribution in [2.24, 2.45) is 5.92 Å². The molecule has 1 aliphatic heterocycles. The topological polar surface area (TPSA) is 41.1 Å². The van der Waals surface area contributed by atoms with Gasteiger partial charge in [0, 0.05) is 11.4 Å². The van der Waals surface area contributed by atoms with Crippen LogP contribution in [0.5, 0.6) is 0 Å². The molecule has 1 aromatic heterocycles. The molecule has 0 aliphatic carbocycles. The van der Waals surface area contributed by atoms with E-state index < -0.39 is 0 Å². The predicted molar refractivity (Wildman–Crippen MR) is 83.5 cm³/mol. The van der Waals surface area contributed by atoms with Crippen LogP contribution in [0.3, 0.4) is 0 Å². The Bertz CT molecular complexity index is 421. The van der Waals surface area contributed by atoms with Gasteiger partial charge in [0.05, 0.1) is 9.83 Å². The van der Waals surface area contributed by atoms with Crippen molar-refractivity contribution in [3.63, 3.8) is 0 Å². The minimum atomic E-state index is 0.00812. The summed E-state index contributed by atoms with van der Waals surface area (Å²) in [5.74, 6) is 0.860. The number of halogens is 1. The van der Waals surface area contributed by atoms with Crippen LogP contribution in [0.4, 0.5) is 0 Å². The Labute approximate surface area is 127 Å². The third-order valence-electron chi connectivity index (χ3n) is 3.71. The van der Waals surface area contributed by atoms with Gasteiger partial charge in [-0.15, -0.1) is 11.3 Å². The molecule has 1 aromatic rings. The Kier molecular flexibility index (Phi) is 5.85. The van der Waals surface area contributed by atoms with E-state index in [1.54, 1.807) is 11.3 Å². The highest BCUT2D eigenvalue weighted by molar-refractivity contribution is 9.11. The van der Waals surface area contributed by atoms with Crippen LogP contribution in [-0.4, -0.2) is 25.0 Å². The second-order valence-electron chi connectivity index (χ2n) is 5.05. The molecule has 0 aromatic carbocycles. The van der Waals surface area contributed by atoms with Gasteiger partial charge in [0.25, 0.3) is 0 Å². The zero-order valence-electron chi connectivity index (χ0n) is 11.2. The van der Waals surface area contributed by atoms with Crippen LogP contribution in [-0.2, 0) is 11.2 Å². The Morgan fingerprint density at radius 2 is 2.42 bits per heavy atom. The maximum absolute atomic E-state index is 12.1. The number of carbonyl (C=O) groups excluding carboxylic acids is 1. The quantitative estimate of drug-likeness (QED) is 0.862. The largest absolute Gasteiger partial charge is 0.354 e. The second-order valence-corrected chi connectivity index (χ2v) is 7.60. The first-order valence-electron chi connectivity index (χ1n) is 6.94. The summed E-state index contributed by atoms with van der Waals surface area (Å²) in [7, 11) is 0. The van der Waals surface area contributed by atoms with Crippen molar-refractivity contribution in [2.75, 3.05) is 13.1 Å². The lowest BCUT2D eigenvalue weighted by Crippen LogP contribution is -2.49. The molecule has 1 amide bonds. The molecule has 0 radical (unpaired) electrons. The first-order valence-corrected chi connectivity index (χ1v) is 8.55. The van der Waals surface area contributed by atoms with E-state index in [9.17, 15) is 4.79 Å². The van der Waals surface area contributed by atoms with Crippen LogP contribution >= 0.6 is 27.3 Å². The summed E-state index contributed by atoms with van der Waals surface area (Å²) in [6.07, 6.45) is 4.26. The maximum atomic E-state index is 12.1. The molecule has 106 valence electrons. The van der Waals surface area contributed by atoms with Crippen LogP contribution in [0.2, 0.25) is 0 Å². The molecule has 5 heteroatoms. The third kappa shape index (κ3) is 4.58. The first-order chi connectivity index (χ1) is 9.19. The number of carbonyl (C=O) groups is 1. The molecule has 19 heavy (non-hydrogen) atoms. The fraction of sp³-hybridized carbons (Fsp3) is 0.643. The fourth-order valence-electron chi connectivity index (χ4n) is 2.48. The molecule has 0 bridgehead atoms. The van der Waals surface area contributed by atoms with E-state index in [4.69, 9.17) is 0 Å². The van der Waals surface area contributed by atoms with Crippen molar-refractivity contribution >= 4 is 33.2 Å². The minimum absolute atomic E-state index is 0.00812. The highest BCUT2D eigenvalue weighted by Gasteiger charge is 2.25. The third-order valence-corrected chi connectivity index (χ3v) is 5.39. The SMILES string of the molecule is CCC1CCNC(C(=O)NCCc2ccc(Br)s2)C1. The van der Waals surface area contributed by atoms with Crippen LogP contribution in [0.15, 0.2) is 15.9 Å². The Morgan fingerprint density at radius 1 is 1.58 bits per heavy atom. The molecule has 1 saturated heterocycles. The van der Waals surface area contributed by atoms with Crippen LogP contribution in [0, 0.1) is 5.92 Å².